The van der Waals surface area contributed by atoms with Crippen LogP contribution in [0.25, 0.3) is 0 Å². The maximum Gasteiger partial charge on any atom is 0.251 e. The molecule has 2 aromatic rings. The Bertz CT molecular complexity index is 1100. The zero-order valence-electron chi connectivity index (χ0n) is 19.7. The van der Waals surface area contributed by atoms with Gasteiger partial charge in [0.15, 0.2) is 0 Å². The van der Waals surface area contributed by atoms with E-state index in [2.05, 4.69) is 10.6 Å². The molecule has 1 fully saturated rings. The van der Waals surface area contributed by atoms with Crippen LogP contribution in [0.1, 0.15) is 23.2 Å². The van der Waals surface area contributed by atoms with Crippen molar-refractivity contribution < 1.29 is 27.5 Å². The molecule has 0 bridgehead atoms. The van der Waals surface area contributed by atoms with Gasteiger partial charge in [0.05, 0.1) is 18.6 Å². The maximum absolute atomic E-state index is 13.0. The fourth-order valence-corrected chi connectivity index (χ4v) is 5.55. The molecule has 1 aliphatic heterocycles. The predicted molar refractivity (Wildman–Crippen MR) is 132 cm³/mol. The van der Waals surface area contributed by atoms with E-state index in [-0.39, 0.29) is 29.8 Å². The van der Waals surface area contributed by atoms with E-state index in [4.69, 9.17) is 21.1 Å². The molecule has 3 rings (SSSR count). The lowest BCUT2D eigenvalue weighted by molar-refractivity contribution is -0.124. The van der Waals surface area contributed by atoms with E-state index in [0.717, 1.165) is 0 Å². The molecular formula is C24H30ClN3O6S. The number of hydrogen-bond donors (Lipinski definition) is 2. The molecule has 1 atom stereocenters. The lowest BCUT2D eigenvalue weighted by atomic mass is 9.89. The van der Waals surface area contributed by atoms with Crippen molar-refractivity contribution in [3.8, 4) is 5.75 Å². The van der Waals surface area contributed by atoms with Gasteiger partial charge in [-0.05, 0) is 67.3 Å². The van der Waals surface area contributed by atoms with Crippen molar-refractivity contribution in [2.24, 2.45) is 5.92 Å². The minimum Gasteiger partial charge on any atom is -0.497 e. The summed E-state index contributed by atoms with van der Waals surface area (Å²) in [5.41, 5.74) is 0.392. The molecule has 190 valence electrons. The molecule has 0 radical (unpaired) electrons. The molecule has 0 saturated carbocycles. The minimum absolute atomic E-state index is 0.169. The molecule has 0 unspecified atom stereocenters. The van der Waals surface area contributed by atoms with E-state index in [1.54, 1.807) is 24.3 Å². The fraction of sp³-hybridized carbons (Fsp3) is 0.417. The molecule has 2 aromatic carbocycles. The highest BCUT2D eigenvalue weighted by molar-refractivity contribution is 7.89. The van der Waals surface area contributed by atoms with Gasteiger partial charge in [0.2, 0.25) is 15.9 Å². The van der Waals surface area contributed by atoms with Crippen LogP contribution in [0.15, 0.2) is 53.4 Å². The molecule has 0 aliphatic carbocycles. The van der Waals surface area contributed by atoms with E-state index >= 15 is 0 Å². The Kier molecular flexibility index (Phi) is 9.50. The SMILES string of the molecule is COCCNC(=O)[C@H](NC(=O)c1ccc(OC)cc1)C1CCN(S(=O)(=O)c2ccc(Cl)cc2)CC1. The van der Waals surface area contributed by atoms with Crippen LogP contribution in [-0.4, -0.2) is 71.0 Å². The summed E-state index contributed by atoms with van der Waals surface area (Å²) in [5.74, 6) is -0.347. The van der Waals surface area contributed by atoms with Gasteiger partial charge >= 0.3 is 0 Å². The van der Waals surface area contributed by atoms with E-state index in [0.29, 0.717) is 42.3 Å². The predicted octanol–water partition coefficient (Wildman–Crippen LogP) is 2.31. The Labute approximate surface area is 210 Å². The summed E-state index contributed by atoms with van der Waals surface area (Å²) in [6, 6.07) is 11.8. The zero-order valence-corrected chi connectivity index (χ0v) is 21.3. The van der Waals surface area contributed by atoms with Gasteiger partial charge in [-0.2, -0.15) is 4.31 Å². The molecule has 0 aromatic heterocycles. The van der Waals surface area contributed by atoms with Crippen molar-refractivity contribution in [2.75, 3.05) is 40.5 Å². The quantitative estimate of drug-likeness (QED) is 0.462. The molecule has 2 N–H and O–H groups in total. The van der Waals surface area contributed by atoms with E-state index in [9.17, 15) is 18.0 Å². The Balaban J connectivity index is 1.71. The van der Waals surface area contributed by atoms with E-state index in [1.807, 2.05) is 0 Å². The highest BCUT2D eigenvalue weighted by Gasteiger charge is 2.36. The number of benzene rings is 2. The molecule has 0 spiro atoms. The Hall–Kier alpha value is -2.66. The molecule has 1 aliphatic rings. The van der Waals surface area contributed by atoms with Gasteiger partial charge in [-0.3, -0.25) is 9.59 Å². The number of nitrogens with one attached hydrogen (secondary N) is 2. The van der Waals surface area contributed by atoms with Gasteiger partial charge in [0.1, 0.15) is 11.8 Å². The Morgan fingerprint density at radius 1 is 1.06 bits per heavy atom. The third-order valence-electron chi connectivity index (χ3n) is 5.95. The average Bonchev–Trinajstić information content (AvgIpc) is 2.87. The van der Waals surface area contributed by atoms with Crippen molar-refractivity contribution in [2.45, 2.75) is 23.8 Å². The van der Waals surface area contributed by atoms with Crippen LogP contribution in [0.5, 0.6) is 5.75 Å². The van der Waals surface area contributed by atoms with E-state index < -0.39 is 22.0 Å². The molecule has 11 heteroatoms. The molecule has 1 heterocycles. The molecule has 2 amide bonds. The summed E-state index contributed by atoms with van der Waals surface area (Å²) >= 11 is 5.88. The number of amides is 2. The summed E-state index contributed by atoms with van der Waals surface area (Å²) < 4.78 is 37.5. The summed E-state index contributed by atoms with van der Waals surface area (Å²) in [6.07, 6.45) is 0.830. The monoisotopic (exact) mass is 523 g/mol. The van der Waals surface area contributed by atoms with E-state index in [1.165, 1.54) is 42.8 Å². The molecular weight excluding hydrogens is 494 g/mol. The van der Waals surface area contributed by atoms with Crippen molar-refractivity contribution >= 4 is 33.4 Å². The van der Waals surface area contributed by atoms with Crippen molar-refractivity contribution in [3.63, 3.8) is 0 Å². The largest absolute Gasteiger partial charge is 0.497 e. The lowest BCUT2D eigenvalue weighted by Gasteiger charge is -2.35. The number of hydrogen-bond acceptors (Lipinski definition) is 6. The first-order valence-electron chi connectivity index (χ1n) is 11.2. The van der Waals surface area contributed by atoms with Crippen LogP contribution in [0.2, 0.25) is 5.02 Å². The van der Waals surface area contributed by atoms with Gasteiger partial charge in [-0.15, -0.1) is 0 Å². The van der Waals surface area contributed by atoms with Gasteiger partial charge < -0.3 is 20.1 Å². The van der Waals surface area contributed by atoms with Crippen molar-refractivity contribution in [1.82, 2.24) is 14.9 Å². The highest BCUT2D eigenvalue weighted by atomic mass is 35.5. The minimum atomic E-state index is -3.68. The van der Waals surface area contributed by atoms with Crippen LogP contribution in [0.4, 0.5) is 0 Å². The standard InChI is InChI=1S/C24H30ClN3O6S/c1-33-16-13-26-24(30)22(27-23(29)18-3-7-20(34-2)8-4-18)17-11-14-28(15-12-17)35(31,32)21-9-5-19(25)6-10-21/h3-10,17,22H,11-16H2,1-2H3,(H,26,30)(H,27,29)/t22-/m1/s1. The Morgan fingerprint density at radius 3 is 2.26 bits per heavy atom. The van der Waals surface area contributed by atoms with Crippen LogP contribution < -0.4 is 15.4 Å². The topological polar surface area (TPSA) is 114 Å². The number of methoxy groups -OCH3 is 2. The first-order valence-corrected chi connectivity index (χ1v) is 13.1. The fourth-order valence-electron chi connectivity index (χ4n) is 3.96. The number of nitrogens with zero attached hydrogens (tertiary/aromatic N) is 1. The number of carbonyl (C=O) groups is 2. The van der Waals surface area contributed by atoms with Crippen LogP contribution in [-0.2, 0) is 19.6 Å². The van der Waals surface area contributed by atoms with Crippen LogP contribution >= 0.6 is 11.6 Å². The molecule has 35 heavy (non-hydrogen) atoms. The second-order valence-electron chi connectivity index (χ2n) is 8.16. The molecule has 9 nitrogen and oxygen atoms in total. The number of piperidine rings is 1. The smallest absolute Gasteiger partial charge is 0.251 e. The Morgan fingerprint density at radius 2 is 1.69 bits per heavy atom. The average molecular weight is 524 g/mol. The van der Waals surface area contributed by atoms with Gasteiger partial charge in [-0.25, -0.2) is 8.42 Å². The second kappa shape index (κ2) is 12.3. The van der Waals surface area contributed by atoms with Crippen molar-refractivity contribution in [3.05, 3.63) is 59.1 Å². The summed E-state index contributed by atoms with van der Waals surface area (Å²) in [4.78, 5) is 26.0. The van der Waals surface area contributed by atoms with Crippen molar-refractivity contribution in [1.29, 1.82) is 0 Å². The first kappa shape index (κ1) is 26.9. The first-order chi connectivity index (χ1) is 16.8. The number of carbonyl (C=O) groups excluding carboxylic acids is 2. The maximum atomic E-state index is 13.0. The number of rotatable bonds is 10. The van der Waals surface area contributed by atoms with Gasteiger partial charge in [0.25, 0.3) is 5.91 Å². The summed E-state index contributed by atoms with van der Waals surface area (Å²) in [7, 11) is -0.610. The lowest BCUT2D eigenvalue weighted by Crippen LogP contribution is -2.54. The summed E-state index contributed by atoms with van der Waals surface area (Å²) in [5, 5.41) is 6.09. The zero-order chi connectivity index (χ0) is 25.4. The van der Waals surface area contributed by atoms with Gasteiger partial charge in [-0.1, -0.05) is 11.6 Å². The summed E-state index contributed by atoms with van der Waals surface area (Å²) in [6.45, 7) is 1.10. The number of halogens is 1. The third kappa shape index (κ3) is 6.94. The molecule has 1 saturated heterocycles. The van der Waals surface area contributed by atoms with Crippen LogP contribution in [0, 0.1) is 5.92 Å². The number of sulfonamides is 1. The van der Waals surface area contributed by atoms with Gasteiger partial charge in [0, 0.05) is 37.3 Å². The third-order valence-corrected chi connectivity index (χ3v) is 8.11. The highest BCUT2D eigenvalue weighted by Crippen LogP contribution is 2.27. The number of ether oxygens (including phenoxy) is 2. The normalized spacial score (nSPS) is 15.9. The second-order valence-corrected chi connectivity index (χ2v) is 10.5. The van der Waals surface area contributed by atoms with Crippen LogP contribution in [0.3, 0.4) is 0 Å².